The molecule has 0 atom stereocenters. The number of nitrogens with one attached hydrogen (secondary N) is 1. The molecule has 5 aromatic rings. The zero-order valence-corrected chi connectivity index (χ0v) is 20.2. The van der Waals surface area contributed by atoms with Crippen molar-refractivity contribution in [3.8, 4) is 22.0 Å². The van der Waals surface area contributed by atoms with Crippen molar-refractivity contribution in [1.82, 2.24) is 19.9 Å². The number of hydrogen-bond acceptors (Lipinski definition) is 6. The first-order valence-electron chi connectivity index (χ1n) is 11.2. The third-order valence-corrected chi connectivity index (χ3v) is 6.50. The Kier molecular flexibility index (Phi) is 6.14. The van der Waals surface area contributed by atoms with Crippen LogP contribution in [0.3, 0.4) is 0 Å². The van der Waals surface area contributed by atoms with Crippen LogP contribution in [0.1, 0.15) is 28.2 Å². The Morgan fingerprint density at radius 2 is 1.68 bits per heavy atom. The molecule has 0 radical (unpaired) electrons. The lowest BCUT2D eigenvalue weighted by Gasteiger charge is -2.15. The predicted molar refractivity (Wildman–Crippen MR) is 140 cm³/mol. The second-order valence-electron chi connectivity index (χ2n) is 8.30. The number of rotatable bonds is 6. The topological polar surface area (TPSA) is 63.6 Å². The maximum Gasteiger partial charge on any atom is 0.142 e. The molecule has 0 bridgehead atoms. The van der Waals surface area contributed by atoms with E-state index in [9.17, 15) is 0 Å². The summed E-state index contributed by atoms with van der Waals surface area (Å²) in [6.45, 7) is 6.08. The van der Waals surface area contributed by atoms with Gasteiger partial charge in [-0.25, -0.2) is 15.0 Å². The summed E-state index contributed by atoms with van der Waals surface area (Å²) in [5, 5.41) is 6.53. The molecule has 0 spiro atoms. The van der Waals surface area contributed by atoms with Gasteiger partial charge in [-0.3, -0.25) is 4.98 Å². The van der Waals surface area contributed by atoms with E-state index in [1.807, 2.05) is 38.1 Å². The molecule has 5 rings (SSSR count). The van der Waals surface area contributed by atoms with E-state index in [-0.39, 0.29) is 0 Å². The van der Waals surface area contributed by atoms with Gasteiger partial charge in [-0.2, -0.15) is 0 Å². The first-order valence-corrected chi connectivity index (χ1v) is 12.1. The zero-order chi connectivity index (χ0) is 23.5. The van der Waals surface area contributed by atoms with E-state index >= 15 is 0 Å². The Balaban J connectivity index is 1.44. The van der Waals surface area contributed by atoms with Crippen molar-refractivity contribution in [3.05, 3.63) is 107 Å². The summed E-state index contributed by atoms with van der Waals surface area (Å²) in [6, 6.07) is 22.8. The van der Waals surface area contributed by atoms with Crippen molar-refractivity contribution >= 4 is 22.8 Å². The lowest BCUT2D eigenvalue weighted by atomic mass is 10.0. The van der Waals surface area contributed by atoms with Crippen LogP contribution in [-0.4, -0.2) is 19.9 Å². The standard InChI is InChI=1S/C28H25N5S/c1-18-10-12-21(13-11-18)15-24-19(2)30-20(3)31-27(24)32-23-8-6-7-22(16-23)26-17-34-28(33-26)25-9-4-5-14-29-25/h4-14,16-17H,15H2,1-3H3,(H,30,31,32). The second kappa shape index (κ2) is 9.53. The molecule has 0 saturated heterocycles. The molecule has 6 heteroatoms. The Bertz CT molecular complexity index is 1430. The van der Waals surface area contributed by atoms with E-state index in [1.165, 1.54) is 11.1 Å². The van der Waals surface area contributed by atoms with Crippen LogP contribution in [0, 0.1) is 20.8 Å². The van der Waals surface area contributed by atoms with Gasteiger partial charge in [0.25, 0.3) is 0 Å². The van der Waals surface area contributed by atoms with Crippen molar-refractivity contribution in [3.63, 3.8) is 0 Å². The monoisotopic (exact) mass is 463 g/mol. The molecule has 34 heavy (non-hydrogen) atoms. The van der Waals surface area contributed by atoms with Gasteiger partial charge < -0.3 is 5.32 Å². The van der Waals surface area contributed by atoms with Crippen LogP contribution in [-0.2, 0) is 6.42 Å². The van der Waals surface area contributed by atoms with Gasteiger partial charge in [-0.05, 0) is 50.6 Å². The first kappa shape index (κ1) is 21.9. The van der Waals surface area contributed by atoms with E-state index in [0.717, 1.165) is 57.0 Å². The van der Waals surface area contributed by atoms with Crippen LogP contribution >= 0.6 is 11.3 Å². The number of hydrogen-bond donors (Lipinski definition) is 1. The average molecular weight is 464 g/mol. The third kappa shape index (κ3) is 4.87. The van der Waals surface area contributed by atoms with Crippen molar-refractivity contribution in [2.24, 2.45) is 0 Å². The number of pyridine rings is 1. The zero-order valence-electron chi connectivity index (χ0n) is 19.4. The van der Waals surface area contributed by atoms with Crippen LogP contribution in [0.5, 0.6) is 0 Å². The number of aryl methyl sites for hydroxylation is 3. The van der Waals surface area contributed by atoms with Crippen LogP contribution in [0.25, 0.3) is 22.0 Å². The third-order valence-electron chi connectivity index (χ3n) is 5.64. The summed E-state index contributed by atoms with van der Waals surface area (Å²) in [4.78, 5) is 18.6. The molecule has 0 aliphatic heterocycles. The van der Waals surface area contributed by atoms with Crippen LogP contribution in [0.2, 0.25) is 0 Å². The van der Waals surface area contributed by atoms with Gasteiger partial charge in [-0.15, -0.1) is 11.3 Å². The van der Waals surface area contributed by atoms with E-state index in [2.05, 4.69) is 70.1 Å². The lowest BCUT2D eigenvalue weighted by molar-refractivity contribution is 0.965. The Labute approximate surface area is 203 Å². The van der Waals surface area contributed by atoms with Gasteiger partial charge in [0.2, 0.25) is 0 Å². The SMILES string of the molecule is Cc1ccc(Cc2c(C)nc(C)nc2Nc2cccc(-c3csc(-c4ccccn4)n3)c2)cc1. The van der Waals surface area contributed by atoms with Crippen molar-refractivity contribution < 1.29 is 0 Å². The highest BCUT2D eigenvalue weighted by Gasteiger charge is 2.13. The maximum absolute atomic E-state index is 4.81. The van der Waals surface area contributed by atoms with Gasteiger partial charge in [0.1, 0.15) is 16.6 Å². The number of aromatic nitrogens is 4. The summed E-state index contributed by atoms with van der Waals surface area (Å²) < 4.78 is 0. The molecule has 0 aliphatic carbocycles. The van der Waals surface area contributed by atoms with Crippen LogP contribution < -0.4 is 5.32 Å². The van der Waals surface area contributed by atoms with E-state index < -0.39 is 0 Å². The molecular formula is C28H25N5S. The minimum atomic E-state index is 0.753. The van der Waals surface area contributed by atoms with Gasteiger partial charge in [0.15, 0.2) is 0 Å². The smallest absolute Gasteiger partial charge is 0.142 e. The number of nitrogens with zero attached hydrogens (tertiary/aromatic N) is 4. The molecule has 5 nitrogen and oxygen atoms in total. The molecule has 0 aliphatic rings. The van der Waals surface area contributed by atoms with Gasteiger partial charge in [0, 0.05) is 40.5 Å². The molecule has 1 N–H and O–H groups in total. The summed E-state index contributed by atoms with van der Waals surface area (Å²) in [6.07, 6.45) is 2.56. The Morgan fingerprint density at radius 3 is 2.47 bits per heavy atom. The highest BCUT2D eigenvalue weighted by Crippen LogP contribution is 2.30. The van der Waals surface area contributed by atoms with E-state index in [1.54, 1.807) is 17.5 Å². The molecule has 0 amide bonds. The minimum absolute atomic E-state index is 0.753. The molecule has 0 unspecified atom stereocenters. The summed E-state index contributed by atoms with van der Waals surface area (Å²) in [5.74, 6) is 1.60. The largest absolute Gasteiger partial charge is 0.340 e. The predicted octanol–water partition coefficient (Wildman–Crippen LogP) is 6.92. The van der Waals surface area contributed by atoms with Crippen molar-refractivity contribution in [2.75, 3.05) is 5.32 Å². The second-order valence-corrected chi connectivity index (χ2v) is 9.16. The fraction of sp³-hybridized carbons (Fsp3) is 0.143. The first-order chi connectivity index (χ1) is 16.5. The molecule has 2 aromatic carbocycles. The molecule has 0 fully saturated rings. The highest BCUT2D eigenvalue weighted by molar-refractivity contribution is 7.13. The van der Waals surface area contributed by atoms with Gasteiger partial charge in [0.05, 0.1) is 11.4 Å². The van der Waals surface area contributed by atoms with Crippen LogP contribution in [0.4, 0.5) is 11.5 Å². The molecule has 0 saturated carbocycles. The highest BCUT2D eigenvalue weighted by atomic mass is 32.1. The summed E-state index contributed by atoms with van der Waals surface area (Å²) in [7, 11) is 0. The normalized spacial score (nSPS) is 10.9. The van der Waals surface area contributed by atoms with E-state index in [4.69, 9.17) is 9.97 Å². The van der Waals surface area contributed by atoms with Gasteiger partial charge >= 0.3 is 0 Å². The summed E-state index contributed by atoms with van der Waals surface area (Å²) >= 11 is 1.60. The average Bonchev–Trinajstić information content (AvgIpc) is 3.34. The Hall–Kier alpha value is -3.90. The maximum atomic E-state index is 4.81. The van der Waals surface area contributed by atoms with Crippen LogP contribution in [0.15, 0.2) is 78.3 Å². The quantitative estimate of drug-likeness (QED) is 0.296. The fourth-order valence-corrected chi connectivity index (χ4v) is 4.67. The lowest BCUT2D eigenvalue weighted by Crippen LogP contribution is -2.06. The minimum Gasteiger partial charge on any atom is -0.340 e. The molecule has 3 aromatic heterocycles. The number of thiazole rings is 1. The number of anilines is 2. The van der Waals surface area contributed by atoms with Crippen molar-refractivity contribution in [2.45, 2.75) is 27.2 Å². The molecule has 3 heterocycles. The summed E-state index contributed by atoms with van der Waals surface area (Å²) in [5.41, 5.74) is 8.42. The Morgan fingerprint density at radius 1 is 0.824 bits per heavy atom. The van der Waals surface area contributed by atoms with Crippen molar-refractivity contribution in [1.29, 1.82) is 0 Å². The van der Waals surface area contributed by atoms with E-state index in [0.29, 0.717) is 0 Å². The molecular weight excluding hydrogens is 438 g/mol. The van der Waals surface area contributed by atoms with Gasteiger partial charge in [-0.1, -0.05) is 48.0 Å². The molecule has 168 valence electrons. The number of benzene rings is 2. The fourth-order valence-electron chi connectivity index (χ4n) is 3.87.